The molecule has 0 bridgehead atoms. The van der Waals surface area contributed by atoms with E-state index in [-0.39, 0.29) is 12.1 Å². The molecule has 0 fully saturated rings. The number of carbonyl (C=O) groups excluding carboxylic acids is 1. The Balaban J connectivity index is 1.91. The molecule has 0 aliphatic carbocycles. The van der Waals surface area contributed by atoms with Crippen LogP contribution in [0.1, 0.15) is 43.1 Å². The van der Waals surface area contributed by atoms with Gasteiger partial charge in [0.15, 0.2) is 5.65 Å². The van der Waals surface area contributed by atoms with E-state index in [1.54, 1.807) is 23.0 Å². The van der Waals surface area contributed by atoms with Gasteiger partial charge in [0, 0.05) is 25.0 Å². The van der Waals surface area contributed by atoms with E-state index in [9.17, 15) is 14.3 Å². The van der Waals surface area contributed by atoms with Crippen molar-refractivity contribution in [3.8, 4) is 11.9 Å². The molecule has 3 aromatic heterocycles. The first kappa shape index (κ1) is 22.1. The Hall–Kier alpha value is -3.58. The number of rotatable bonds is 8. The maximum atomic E-state index is 14.0. The Kier molecular flexibility index (Phi) is 6.46. The summed E-state index contributed by atoms with van der Waals surface area (Å²) < 4.78 is 15.7. The van der Waals surface area contributed by atoms with Crippen LogP contribution in [0.5, 0.6) is 0 Å². The van der Waals surface area contributed by atoms with Gasteiger partial charge in [0.05, 0.1) is 29.0 Å². The van der Waals surface area contributed by atoms with Gasteiger partial charge in [0.2, 0.25) is 0 Å². The second-order valence-electron chi connectivity index (χ2n) is 7.64. The maximum Gasteiger partial charge on any atom is 0.255 e. The molecule has 3 rings (SSSR count). The van der Waals surface area contributed by atoms with Crippen molar-refractivity contribution < 1.29 is 14.3 Å². The lowest BCUT2D eigenvalue weighted by Crippen LogP contribution is -2.42. The maximum absolute atomic E-state index is 14.0. The Labute approximate surface area is 179 Å². The Morgan fingerprint density at radius 1 is 1.32 bits per heavy atom. The normalized spacial score (nSPS) is 12.4. The zero-order valence-electron chi connectivity index (χ0n) is 17.6. The number of aliphatic hydroxyl groups is 1. The second kappa shape index (κ2) is 9.06. The largest absolute Gasteiger partial charge is 0.387 e. The highest BCUT2D eigenvalue weighted by Gasteiger charge is 2.27. The third-order valence-corrected chi connectivity index (χ3v) is 4.67. The molecule has 0 spiro atoms. The van der Waals surface area contributed by atoms with Gasteiger partial charge in [-0.05, 0) is 26.3 Å². The number of halogens is 1. The standard InChI is InChI=1S/C21H24FN7O2/c1-4-5-24-15-7-18(29-12-28-16-6-13(8-23)9-26-19(16)29)25-10-14(15)20(30)27-11-17(22)21(2,3)31/h6-7,9-10,12,17,31H,4-5,11H2,1-3H3,(H,24,25)(H,27,30)/t17-/m1/s1. The molecule has 0 saturated carbocycles. The second-order valence-corrected chi connectivity index (χ2v) is 7.64. The molecule has 0 radical (unpaired) electrons. The summed E-state index contributed by atoms with van der Waals surface area (Å²) in [6.07, 6.45) is 3.61. The van der Waals surface area contributed by atoms with Crippen molar-refractivity contribution in [2.75, 3.05) is 18.4 Å². The van der Waals surface area contributed by atoms with Crippen LogP contribution < -0.4 is 10.6 Å². The number of nitriles is 1. The summed E-state index contributed by atoms with van der Waals surface area (Å²) in [6.45, 7) is 4.98. The van der Waals surface area contributed by atoms with Gasteiger partial charge in [-0.3, -0.25) is 9.36 Å². The van der Waals surface area contributed by atoms with Crippen molar-refractivity contribution in [2.24, 2.45) is 0 Å². The summed E-state index contributed by atoms with van der Waals surface area (Å²) >= 11 is 0. The van der Waals surface area contributed by atoms with Crippen molar-refractivity contribution in [3.05, 3.63) is 42.0 Å². The van der Waals surface area contributed by atoms with Gasteiger partial charge in [-0.2, -0.15) is 5.26 Å². The van der Waals surface area contributed by atoms with Gasteiger partial charge in [-0.25, -0.2) is 19.3 Å². The predicted molar refractivity (Wildman–Crippen MR) is 114 cm³/mol. The molecule has 0 saturated heterocycles. The van der Waals surface area contributed by atoms with E-state index in [4.69, 9.17) is 5.26 Å². The highest BCUT2D eigenvalue weighted by molar-refractivity contribution is 5.99. The molecular weight excluding hydrogens is 401 g/mol. The molecule has 0 aliphatic heterocycles. The van der Waals surface area contributed by atoms with Gasteiger partial charge in [0.1, 0.15) is 29.9 Å². The van der Waals surface area contributed by atoms with Crippen LogP contribution in [0.4, 0.5) is 10.1 Å². The monoisotopic (exact) mass is 425 g/mol. The van der Waals surface area contributed by atoms with Crippen LogP contribution in [0.25, 0.3) is 17.0 Å². The number of carbonyl (C=O) groups is 1. The van der Waals surface area contributed by atoms with Crippen molar-refractivity contribution in [1.82, 2.24) is 24.8 Å². The van der Waals surface area contributed by atoms with E-state index in [2.05, 4.69) is 25.6 Å². The van der Waals surface area contributed by atoms with Crippen LogP contribution in [0.3, 0.4) is 0 Å². The number of hydrogen-bond acceptors (Lipinski definition) is 7. The summed E-state index contributed by atoms with van der Waals surface area (Å²) in [5.41, 5.74) is 0.699. The fourth-order valence-corrected chi connectivity index (χ4v) is 2.82. The minimum Gasteiger partial charge on any atom is -0.387 e. The van der Waals surface area contributed by atoms with Crippen LogP contribution in [0.2, 0.25) is 0 Å². The molecule has 31 heavy (non-hydrogen) atoms. The first-order valence-corrected chi connectivity index (χ1v) is 9.86. The van der Waals surface area contributed by atoms with Gasteiger partial charge in [0.25, 0.3) is 5.91 Å². The Bertz CT molecular complexity index is 1130. The number of alkyl halides is 1. The first-order valence-electron chi connectivity index (χ1n) is 9.86. The lowest BCUT2D eigenvalue weighted by Gasteiger charge is -2.22. The molecule has 1 amide bonds. The van der Waals surface area contributed by atoms with Crippen LogP contribution in [0.15, 0.2) is 30.9 Å². The molecule has 0 aliphatic rings. The number of aromatic nitrogens is 4. The SMILES string of the molecule is CCCNc1cc(-n2cnc3cc(C#N)cnc32)ncc1C(=O)NC[C@@H](F)C(C)(C)O. The third kappa shape index (κ3) is 4.95. The summed E-state index contributed by atoms with van der Waals surface area (Å²) in [5.74, 6) is -0.0217. The predicted octanol–water partition coefficient (Wildman–Crippen LogP) is 2.35. The number of pyridine rings is 2. The molecular formula is C21H24FN7O2. The van der Waals surface area contributed by atoms with Gasteiger partial charge < -0.3 is 15.7 Å². The quantitative estimate of drug-likeness (QED) is 0.505. The summed E-state index contributed by atoms with van der Waals surface area (Å²) in [4.78, 5) is 25.5. The highest BCUT2D eigenvalue weighted by atomic mass is 19.1. The van der Waals surface area contributed by atoms with Crippen LogP contribution >= 0.6 is 0 Å². The first-order chi connectivity index (χ1) is 14.7. The molecule has 1 atom stereocenters. The summed E-state index contributed by atoms with van der Waals surface area (Å²) in [5, 5.41) is 24.4. The average Bonchev–Trinajstić information content (AvgIpc) is 3.17. The van der Waals surface area contributed by atoms with Gasteiger partial charge in [-0.15, -0.1) is 0 Å². The summed E-state index contributed by atoms with van der Waals surface area (Å²) in [6, 6.07) is 5.35. The van der Waals surface area contributed by atoms with E-state index >= 15 is 0 Å². The molecule has 3 heterocycles. The average molecular weight is 425 g/mol. The molecule has 3 N–H and O–H groups in total. The molecule has 9 nitrogen and oxygen atoms in total. The number of imidazole rings is 1. The molecule has 10 heteroatoms. The fourth-order valence-electron chi connectivity index (χ4n) is 2.82. The van der Waals surface area contributed by atoms with Crippen LogP contribution in [0, 0.1) is 11.3 Å². The topological polar surface area (TPSA) is 129 Å². The third-order valence-electron chi connectivity index (χ3n) is 4.67. The zero-order valence-corrected chi connectivity index (χ0v) is 17.6. The molecule has 0 aromatic carbocycles. The lowest BCUT2D eigenvalue weighted by molar-refractivity contribution is -0.00177. The van der Waals surface area contributed by atoms with Crippen molar-refractivity contribution >= 4 is 22.8 Å². The van der Waals surface area contributed by atoms with E-state index in [0.717, 1.165) is 6.42 Å². The summed E-state index contributed by atoms with van der Waals surface area (Å²) in [7, 11) is 0. The van der Waals surface area contributed by atoms with Crippen molar-refractivity contribution in [1.29, 1.82) is 5.26 Å². The Morgan fingerprint density at radius 3 is 2.77 bits per heavy atom. The van der Waals surface area contributed by atoms with Crippen molar-refractivity contribution in [3.63, 3.8) is 0 Å². The van der Waals surface area contributed by atoms with Crippen molar-refractivity contribution in [2.45, 2.75) is 39.0 Å². The van der Waals surface area contributed by atoms with E-state index in [1.807, 2.05) is 13.0 Å². The lowest BCUT2D eigenvalue weighted by atomic mass is 10.0. The smallest absolute Gasteiger partial charge is 0.255 e. The molecule has 0 unspecified atom stereocenters. The molecule has 162 valence electrons. The number of amides is 1. The number of nitrogens with zero attached hydrogens (tertiary/aromatic N) is 5. The zero-order chi connectivity index (χ0) is 22.6. The van der Waals surface area contributed by atoms with E-state index < -0.39 is 17.7 Å². The number of fused-ring (bicyclic) bond motifs is 1. The van der Waals surface area contributed by atoms with E-state index in [0.29, 0.717) is 34.8 Å². The van der Waals surface area contributed by atoms with Gasteiger partial charge in [-0.1, -0.05) is 6.92 Å². The highest BCUT2D eigenvalue weighted by Crippen LogP contribution is 2.22. The van der Waals surface area contributed by atoms with Gasteiger partial charge >= 0.3 is 0 Å². The van der Waals surface area contributed by atoms with Crippen LogP contribution in [-0.4, -0.2) is 55.4 Å². The van der Waals surface area contributed by atoms with E-state index in [1.165, 1.54) is 26.2 Å². The fraction of sp³-hybridized carbons (Fsp3) is 0.381. The minimum absolute atomic E-state index is 0.254. The number of nitrogens with one attached hydrogen (secondary N) is 2. The minimum atomic E-state index is -1.61. The number of hydrogen-bond donors (Lipinski definition) is 3. The Morgan fingerprint density at radius 2 is 2.10 bits per heavy atom. The number of anilines is 1. The van der Waals surface area contributed by atoms with Crippen LogP contribution in [-0.2, 0) is 0 Å². The molecule has 3 aromatic rings.